The van der Waals surface area contributed by atoms with Crippen molar-refractivity contribution in [3.63, 3.8) is 0 Å². The quantitative estimate of drug-likeness (QED) is 0.318. The molecule has 4 N–H and O–H groups in total. The fourth-order valence-electron chi connectivity index (χ4n) is 3.40. The highest BCUT2D eigenvalue weighted by atomic mass is 35.5. The lowest BCUT2D eigenvalue weighted by molar-refractivity contribution is 0.131. The maximum atomic E-state index is 12.8. The molecule has 0 radical (unpaired) electrons. The number of nitrogens with zero attached hydrogens (tertiary/aromatic N) is 2. The third-order valence-electron chi connectivity index (χ3n) is 4.94. The molecule has 0 saturated heterocycles. The van der Waals surface area contributed by atoms with E-state index in [1.807, 2.05) is 0 Å². The number of H-pyrrole nitrogens is 1. The van der Waals surface area contributed by atoms with Gasteiger partial charge in [-0.05, 0) is 36.8 Å². The second kappa shape index (κ2) is 9.35. The average molecular weight is 470 g/mol. The summed E-state index contributed by atoms with van der Waals surface area (Å²) in [7, 11) is 0. The summed E-state index contributed by atoms with van der Waals surface area (Å²) in [5.74, 6) is -1.12. The van der Waals surface area contributed by atoms with Crippen LogP contribution in [0.3, 0.4) is 0 Å². The van der Waals surface area contributed by atoms with Crippen LogP contribution in [0.15, 0.2) is 51.7 Å². The molecule has 0 amide bonds. The predicted octanol–water partition coefficient (Wildman–Crippen LogP) is 3.99. The molecule has 0 unspecified atom stereocenters. The van der Waals surface area contributed by atoms with E-state index in [2.05, 4.69) is 15.2 Å². The predicted molar refractivity (Wildman–Crippen MR) is 120 cm³/mol. The molecule has 2 aromatic carbocycles. The Bertz CT molecular complexity index is 1330. The van der Waals surface area contributed by atoms with E-state index >= 15 is 0 Å². The number of phenols is 2. The van der Waals surface area contributed by atoms with Crippen molar-refractivity contribution in [3.05, 3.63) is 75.0 Å². The summed E-state index contributed by atoms with van der Waals surface area (Å²) in [6.07, 6.45) is 0.290. The molecule has 9 nitrogen and oxygen atoms in total. The monoisotopic (exact) mass is 469 g/mol. The number of ether oxygens (including phenoxy) is 1. The summed E-state index contributed by atoms with van der Waals surface area (Å²) in [5, 5.41) is 40.3. The molecular formula is C23H20ClN3O6. The lowest BCUT2D eigenvalue weighted by Crippen LogP contribution is -2.15. The van der Waals surface area contributed by atoms with Crippen molar-refractivity contribution in [1.29, 1.82) is 0 Å². The molecule has 170 valence electrons. The highest BCUT2D eigenvalue weighted by molar-refractivity contribution is 6.30. The topological polar surface area (TPSA) is 142 Å². The van der Waals surface area contributed by atoms with Crippen LogP contribution in [0.25, 0.3) is 22.6 Å². The van der Waals surface area contributed by atoms with E-state index in [1.165, 1.54) is 18.2 Å². The van der Waals surface area contributed by atoms with E-state index < -0.39 is 11.3 Å². The second-order valence-corrected chi connectivity index (χ2v) is 7.58. The van der Waals surface area contributed by atoms with Gasteiger partial charge in [-0.1, -0.05) is 29.8 Å². The van der Waals surface area contributed by atoms with E-state index in [0.29, 0.717) is 18.1 Å². The van der Waals surface area contributed by atoms with Gasteiger partial charge in [-0.2, -0.15) is 0 Å². The smallest absolute Gasteiger partial charge is 0.264 e. The Morgan fingerprint density at radius 3 is 2.36 bits per heavy atom. The van der Waals surface area contributed by atoms with Crippen LogP contribution in [0.5, 0.6) is 17.2 Å². The summed E-state index contributed by atoms with van der Waals surface area (Å²) in [6, 6.07) is 11.2. The zero-order valence-corrected chi connectivity index (χ0v) is 18.3. The van der Waals surface area contributed by atoms with E-state index in [-0.39, 0.29) is 52.3 Å². The molecule has 2 aromatic heterocycles. The molecule has 10 heteroatoms. The summed E-state index contributed by atoms with van der Waals surface area (Å²) < 4.78 is 11.0. The molecule has 0 aliphatic heterocycles. The van der Waals surface area contributed by atoms with Gasteiger partial charge in [0, 0.05) is 11.6 Å². The lowest BCUT2D eigenvalue weighted by atomic mass is 9.98. The maximum absolute atomic E-state index is 12.8. The Morgan fingerprint density at radius 2 is 1.70 bits per heavy atom. The van der Waals surface area contributed by atoms with Gasteiger partial charge in [-0.3, -0.25) is 4.79 Å². The minimum absolute atomic E-state index is 0.00824. The van der Waals surface area contributed by atoms with Gasteiger partial charge in [-0.15, -0.1) is 10.2 Å². The molecule has 2 heterocycles. The van der Waals surface area contributed by atoms with E-state index in [0.717, 1.165) is 5.56 Å². The number of halogens is 1. The normalized spacial score (nSPS) is 11.1. The van der Waals surface area contributed by atoms with Gasteiger partial charge in [0.05, 0.1) is 29.8 Å². The number of pyridine rings is 1. The van der Waals surface area contributed by atoms with Crippen molar-refractivity contribution in [2.75, 3.05) is 6.61 Å². The van der Waals surface area contributed by atoms with Crippen LogP contribution in [0.1, 0.15) is 24.1 Å². The van der Waals surface area contributed by atoms with E-state index in [9.17, 15) is 20.1 Å². The van der Waals surface area contributed by atoms with Crippen LogP contribution in [0, 0.1) is 0 Å². The Balaban J connectivity index is 1.82. The largest absolute Gasteiger partial charge is 0.507 e. The highest BCUT2D eigenvalue weighted by Crippen LogP contribution is 2.45. The van der Waals surface area contributed by atoms with Gasteiger partial charge in [0.25, 0.3) is 11.4 Å². The molecule has 0 bridgehead atoms. The fourth-order valence-corrected chi connectivity index (χ4v) is 3.53. The highest BCUT2D eigenvalue weighted by Gasteiger charge is 2.27. The molecule has 0 aliphatic rings. The maximum Gasteiger partial charge on any atom is 0.264 e. The molecule has 4 aromatic rings. The van der Waals surface area contributed by atoms with Crippen molar-refractivity contribution < 1.29 is 24.5 Å². The van der Waals surface area contributed by atoms with Crippen molar-refractivity contribution in [2.24, 2.45) is 0 Å². The number of aromatic amines is 1. The van der Waals surface area contributed by atoms with Gasteiger partial charge in [-0.25, -0.2) is 0 Å². The van der Waals surface area contributed by atoms with Crippen LogP contribution in [-0.2, 0) is 17.8 Å². The van der Waals surface area contributed by atoms with E-state index in [4.69, 9.17) is 20.8 Å². The first kappa shape index (κ1) is 22.4. The number of nitrogens with one attached hydrogen (secondary N) is 1. The summed E-state index contributed by atoms with van der Waals surface area (Å²) in [5.41, 5.74) is -0.0278. The van der Waals surface area contributed by atoms with Gasteiger partial charge < -0.3 is 29.5 Å². The van der Waals surface area contributed by atoms with Crippen molar-refractivity contribution >= 4 is 11.6 Å². The Kier molecular flexibility index (Phi) is 6.34. The SMILES string of the molecule is CCOCc1[nH]c(=O)c(-c2nnc(Cc3ccc(Cl)cc3)o2)c(O)c1-c1c(O)cccc1O. The standard InChI is InChI=1S/C23H20ClN3O6/c1-2-32-11-14-18(19-15(28)4-3-5-16(19)29)21(30)20(22(31)25-14)23-27-26-17(33-23)10-12-6-8-13(24)9-7-12/h3-9,28-29H,2,10-11H2,1H3,(H2,25,30,31). The Morgan fingerprint density at radius 1 is 1.00 bits per heavy atom. The average Bonchev–Trinajstić information content (AvgIpc) is 3.23. The summed E-state index contributed by atoms with van der Waals surface area (Å²) in [6.45, 7) is 2.03. The molecule has 0 fully saturated rings. The zero-order valence-electron chi connectivity index (χ0n) is 17.5. The molecule has 33 heavy (non-hydrogen) atoms. The van der Waals surface area contributed by atoms with Crippen molar-refractivity contribution in [3.8, 4) is 39.8 Å². The van der Waals surface area contributed by atoms with Crippen LogP contribution in [-0.4, -0.2) is 37.1 Å². The van der Waals surface area contributed by atoms with Crippen LogP contribution < -0.4 is 5.56 Å². The van der Waals surface area contributed by atoms with Crippen LogP contribution in [0.2, 0.25) is 5.02 Å². The number of aromatic nitrogens is 3. The number of hydrogen-bond donors (Lipinski definition) is 4. The zero-order chi connectivity index (χ0) is 23.5. The molecular weight excluding hydrogens is 450 g/mol. The first-order valence-electron chi connectivity index (χ1n) is 10.0. The minimum Gasteiger partial charge on any atom is -0.507 e. The molecule has 0 aliphatic carbocycles. The number of rotatable bonds is 7. The van der Waals surface area contributed by atoms with Gasteiger partial charge in [0.15, 0.2) is 0 Å². The Labute approximate surface area is 192 Å². The molecule has 0 atom stereocenters. The minimum atomic E-state index is -0.692. The third kappa shape index (κ3) is 4.55. The Hall–Kier alpha value is -3.82. The lowest BCUT2D eigenvalue weighted by Gasteiger charge is -2.15. The third-order valence-corrected chi connectivity index (χ3v) is 5.19. The number of hydrogen-bond acceptors (Lipinski definition) is 8. The van der Waals surface area contributed by atoms with Gasteiger partial charge in [0.1, 0.15) is 22.8 Å². The van der Waals surface area contributed by atoms with Crippen molar-refractivity contribution in [2.45, 2.75) is 20.0 Å². The van der Waals surface area contributed by atoms with Gasteiger partial charge >= 0.3 is 0 Å². The van der Waals surface area contributed by atoms with Gasteiger partial charge in [0.2, 0.25) is 5.89 Å². The van der Waals surface area contributed by atoms with E-state index in [1.54, 1.807) is 31.2 Å². The number of benzene rings is 2. The molecule has 4 rings (SSSR count). The summed E-state index contributed by atoms with van der Waals surface area (Å²) in [4.78, 5) is 15.5. The number of phenolic OH excluding ortho intramolecular Hbond substituents is 2. The van der Waals surface area contributed by atoms with Crippen LogP contribution >= 0.6 is 11.6 Å². The fraction of sp³-hybridized carbons (Fsp3) is 0.174. The summed E-state index contributed by atoms with van der Waals surface area (Å²) >= 11 is 5.90. The first-order chi connectivity index (χ1) is 15.9. The number of aromatic hydroxyl groups is 3. The van der Waals surface area contributed by atoms with Crippen LogP contribution in [0.4, 0.5) is 0 Å². The second-order valence-electron chi connectivity index (χ2n) is 7.14. The van der Waals surface area contributed by atoms with Crippen molar-refractivity contribution in [1.82, 2.24) is 15.2 Å². The molecule has 0 saturated carbocycles. The first-order valence-corrected chi connectivity index (χ1v) is 10.4. The molecule has 0 spiro atoms.